The molecule has 0 bridgehead atoms. The maximum atomic E-state index is 9.43. The SMILES string of the molecule is CCc1ccc([C@@H]2C(C#N)=C(C)N=C(C)C2C#N)cc1. The van der Waals surface area contributed by atoms with Crippen LogP contribution in [0.3, 0.4) is 0 Å². The summed E-state index contributed by atoms with van der Waals surface area (Å²) in [5, 5.41) is 18.8. The molecular weight excluding hydrogens is 246 g/mol. The van der Waals surface area contributed by atoms with Crippen molar-refractivity contribution in [2.75, 3.05) is 0 Å². The van der Waals surface area contributed by atoms with Gasteiger partial charge >= 0.3 is 0 Å². The number of hydrogen-bond acceptors (Lipinski definition) is 3. The Morgan fingerprint density at radius 3 is 2.30 bits per heavy atom. The fourth-order valence-electron chi connectivity index (χ4n) is 2.67. The van der Waals surface area contributed by atoms with E-state index in [4.69, 9.17) is 0 Å². The summed E-state index contributed by atoms with van der Waals surface area (Å²) in [5.41, 5.74) is 4.38. The van der Waals surface area contributed by atoms with Crippen molar-refractivity contribution >= 4 is 5.71 Å². The third kappa shape index (κ3) is 2.36. The van der Waals surface area contributed by atoms with Crippen LogP contribution in [0.4, 0.5) is 0 Å². The zero-order chi connectivity index (χ0) is 14.7. The maximum absolute atomic E-state index is 9.43. The van der Waals surface area contributed by atoms with E-state index < -0.39 is 0 Å². The Hall–Kier alpha value is -2.39. The van der Waals surface area contributed by atoms with Gasteiger partial charge in [-0.2, -0.15) is 10.5 Å². The average molecular weight is 263 g/mol. The largest absolute Gasteiger partial charge is 0.260 e. The van der Waals surface area contributed by atoms with E-state index in [1.807, 2.05) is 26.0 Å². The van der Waals surface area contributed by atoms with E-state index in [0.717, 1.165) is 23.4 Å². The molecule has 1 aromatic carbocycles. The first-order chi connectivity index (χ1) is 9.62. The summed E-state index contributed by atoms with van der Waals surface area (Å²) in [6.45, 7) is 5.80. The Morgan fingerprint density at radius 1 is 1.15 bits per heavy atom. The van der Waals surface area contributed by atoms with Gasteiger partial charge in [0.1, 0.15) is 0 Å². The van der Waals surface area contributed by atoms with Gasteiger partial charge in [0.15, 0.2) is 0 Å². The van der Waals surface area contributed by atoms with Crippen LogP contribution in [0.1, 0.15) is 37.8 Å². The third-order valence-corrected chi connectivity index (χ3v) is 3.83. The Bertz CT molecular complexity index is 651. The van der Waals surface area contributed by atoms with Crippen LogP contribution in [-0.2, 0) is 6.42 Å². The molecule has 1 heterocycles. The molecule has 0 radical (unpaired) electrons. The molecule has 1 aromatic rings. The van der Waals surface area contributed by atoms with Crippen molar-refractivity contribution in [1.82, 2.24) is 0 Å². The van der Waals surface area contributed by atoms with Crippen LogP contribution in [0.5, 0.6) is 0 Å². The minimum absolute atomic E-state index is 0.201. The average Bonchev–Trinajstić information content (AvgIpc) is 2.46. The van der Waals surface area contributed by atoms with Gasteiger partial charge < -0.3 is 0 Å². The van der Waals surface area contributed by atoms with Gasteiger partial charge in [0.25, 0.3) is 0 Å². The molecule has 0 fully saturated rings. The van der Waals surface area contributed by atoms with Gasteiger partial charge in [0.05, 0.1) is 29.3 Å². The van der Waals surface area contributed by atoms with Crippen LogP contribution in [-0.4, -0.2) is 5.71 Å². The van der Waals surface area contributed by atoms with E-state index >= 15 is 0 Å². The van der Waals surface area contributed by atoms with Crippen molar-refractivity contribution in [1.29, 1.82) is 10.5 Å². The quantitative estimate of drug-likeness (QED) is 0.816. The number of rotatable bonds is 2. The second-order valence-corrected chi connectivity index (χ2v) is 5.04. The number of allylic oxidation sites excluding steroid dienone is 2. The molecule has 1 unspecified atom stereocenters. The van der Waals surface area contributed by atoms with Crippen LogP contribution in [0, 0.1) is 28.6 Å². The zero-order valence-corrected chi connectivity index (χ0v) is 12.0. The summed E-state index contributed by atoms with van der Waals surface area (Å²) in [6, 6.07) is 12.7. The number of nitrogens with zero attached hydrogens (tertiary/aromatic N) is 3. The summed E-state index contributed by atoms with van der Waals surface area (Å²) >= 11 is 0. The number of nitriles is 2. The van der Waals surface area contributed by atoms with Crippen molar-refractivity contribution in [2.45, 2.75) is 33.1 Å². The topological polar surface area (TPSA) is 59.9 Å². The standard InChI is InChI=1S/C17H17N3/c1-4-13-5-7-14(8-6-13)17-15(9-18)11(2)20-12(3)16(17)10-19/h5-8,15,17H,4H2,1-3H3/t15?,17-/m0/s1. The molecule has 1 aliphatic heterocycles. The highest BCUT2D eigenvalue weighted by Gasteiger charge is 2.33. The Kier molecular flexibility index (Phi) is 4.01. The lowest BCUT2D eigenvalue weighted by Gasteiger charge is -2.26. The second-order valence-electron chi connectivity index (χ2n) is 5.04. The molecule has 2 rings (SSSR count). The van der Waals surface area contributed by atoms with Gasteiger partial charge in [-0.1, -0.05) is 31.2 Å². The molecular formula is C17H17N3. The van der Waals surface area contributed by atoms with E-state index in [1.54, 1.807) is 0 Å². The minimum Gasteiger partial charge on any atom is -0.260 e. The van der Waals surface area contributed by atoms with Crippen molar-refractivity contribution in [3.05, 3.63) is 46.7 Å². The first-order valence-corrected chi connectivity index (χ1v) is 6.76. The van der Waals surface area contributed by atoms with Crippen LogP contribution >= 0.6 is 0 Å². The van der Waals surface area contributed by atoms with Crippen LogP contribution < -0.4 is 0 Å². The van der Waals surface area contributed by atoms with Crippen molar-refractivity contribution < 1.29 is 0 Å². The molecule has 0 aliphatic carbocycles. The lowest BCUT2D eigenvalue weighted by Crippen LogP contribution is -2.24. The predicted octanol–water partition coefficient (Wildman–Crippen LogP) is 3.74. The number of hydrogen-bond donors (Lipinski definition) is 0. The number of aliphatic imine (C=N–C) groups is 1. The van der Waals surface area contributed by atoms with Crippen LogP contribution in [0.2, 0.25) is 0 Å². The van der Waals surface area contributed by atoms with Gasteiger partial charge in [-0.05, 0) is 31.4 Å². The smallest absolute Gasteiger partial charge is 0.0973 e. The fraction of sp³-hybridized carbons (Fsp3) is 0.353. The highest BCUT2D eigenvalue weighted by Crippen LogP contribution is 2.38. The molecule has 0 N–H and O–H groups in total. The molecule has 0 saturated heterocycles. The Labute approximate surface area is 119 Å². The minimum atomic E-state index is -0.360. The molecule has 0 spiro atoms. The van der Waals surface area contributed by atoms with Gasteiger partial charge in [0.2, 0.25) is 0 Å². The molecule has 100 valence electrons. The van der Waals surface area contributed by atoms with Crippen molar-refractivity contribution in [3.8, 4) is 12.1 Å². The summed E-state index contributed by atoms with van der Waals surface area (Å²) in [6.07, 6.45) is 0.979. The first kappa shape index (κ1) is 14.0. The third-order valence-electron chi connectivity index (χ3n) is 3.83. The zero-order valence-electron chi connectivity index (χ0n) is 12.0. The van der Waals surface area contributed by atoms with Gasteiger partial charge in [-0.25, -0.2) is 0 Å². The molecule has 0 aromatic heterocycles. The Balaban J connectivity index is 2.53. The molecule has 20 heavy (non-hydrogen) atoms. The summed E-state index contributed by atoms with van der Waals surface area (Å²) in [5.74, 6) is -0.561. The lowest BCUT2D eigenvalue weighted by molar-refractivity contribution is 0.703. The van der Waals surface area contributed by atoms with Crippen LogP contribution in [0.15, 0.2) is 40.5 Å². The highest BCUT2D eigenvalue weighted by molar-refractivity contribution is 5.90. The lowest BCUT2D eigenvalue weighted by atomic mass is 9.77. The number of benzene rings is 1. The van der Waals surface area contributed by atoms with E-state index in [2.05, 4.69) is 36.2 Å². The summed E-state index contributed by atoms with van der Waals surface area (Å²) < 4.78 is 0. The monoisotopic (exact) mass is 263 g/mol. The van der Waals surface area contributed by atoms with E-state index in [1.165, 1.54) is 5.56 Å². The van der Waals surface area contributed by atoms with Crippen LogP contribution in [0.25, 0.3) is 0 Å². The van der Waals surface area contributed by atoms with Crippen molar-refractivity contribution in [3.63, 3.8) is 0 Å². The normalized spacial score (nSPS) is 21.9. The molecule has 2 atom stereocenters. The van der Waals surface area contributed by atoms with E-state index in [9.17, 15) is 10.5 Å². The highest BCUT2D eigenvalue weighted by atomic mass is 14.8. The van der Waals surface area contributed by atoms with Gasteiger partial charge in [-0.3, -0.25) is 4.99 Å². The first-order valence-electron chi connectivity index (χ1n) is 6.76. The van der Waals surface area contributed by atoms with Gasteiger partial charge in [0, 0.05) is 11.6 Å². The molecule has 3 heteroatoms. The molecule has 0 amide bonds. The molecule has 3 nitrogen and oxygen atoms in total. The molecule has 0 saturated carbocycles. The van der Waals surface area contributed by atoms with Crippen molar-refractivity contribution in [2.24, 2.45) is 10.9 Å². The van der Waals surface area contributed by atoms with E-state index in [-0.39, 0.29) is 11.8 Å². The van der Waals surface area contributed by atoms with E-state index in [0.29, 0.717) is 5.57 Å². The second kappa shape index (κ2) is 5.72. The number of aryl methyl sites for hydroxylation is 1. The molecule has 1 aliphatic rings. The fourth-order valence-corrected chi connectivity index (χ4v) is 2.67. The summed E-state index contributed by atoms with van der Waals surface area (Å²) in [7, 11) is 0. The summed E-state index contributed by atoms with van der Waals surface area (Å²) in [4.78, 5) is 4.35. The Morgan fingerprint density at radius 2 is 1.80 bits per heavy atom. The predicted molar refractivity (Wildman–Crippen MR) is 79.1 cm³/mol. The van der Waals surface area contributed by atoms with Gasteiger partial charge in [-0.15, -0.1) is 0 Å². The maximum Gasteiger partial charge on any atom is 0.0973 e.